The van der Waals surface area contributed by atoms with Gasteiger partial charge in [-0.3, -0.25) is 9.36 Å². The van der Waals surface area contributed by atoms with E-state index in [1.165, 1.54) is 33.4 Å². The average Bonchev–Trinajstić information content (AvgIpc) is 3.11. The molecule has 0 saturated heterocycles. The molecule has 0 fully saturated rings. The smallest absolute Gasteiger partial charge is 0.263 e. The van der Waals surface area contributed by atoms with E-state index >= 15 is 0 Å². The van der Waals surface area contributed by atoms with Crippen LogP contribution >= 0.6 is 46.1 Å². The molecule has 0 aliphatic carbocycles. The topological polar surface area (TPSA) is 34.9 Å². The van der Waals surface area contributed by atoms with Crippen LogP contribution < -0.4 is 5.56 Å². The third kappa shape index (κ3) is 3.35. The minimum atomic E-state index is -0.133. The van der Waals surface area contributed by atoms with E-state index in [0.29, 0.717) is 30.8 Å². The molecule has 0 bridgehead atoms. The molecule has 4 rings (SSSR count). The van der Waals surface area contributed by atoms with Crippen molar-refractivity contribution in [2.75, 3.05) is 0 Å². The SMILES string of the molecule is Cc1ccc(-c2csc3ncn(Cc4c(Cl)ccc(Cl)c4Cl)c(=O)c23)cc1C. The van der Waals surface area contributed by atoms with E-state index < -0.39 is 0 Å². The Hall–Kier alpha value is -1.85. The molecule has 4 aromatic rings. The zero-order valence-electron chi connectivity index (χ0n) is 15.1. The maximum absolute atomic E-state index is 13.3. The van der Waals surface area contributed by atoms with Gasteiger partial charge in [-0.25, -0.2) is 4.98 Å². The fourth-order valence-corrected chi connectivity index (χ4v) is 4.66. The van der Waals surface area contributed by atoms with Gasteiger partial charge in [-0.15, -0.1) is 11.3 Å². The summed E-state index contributed by atoms with van der Waals surface area (Å²) in [5, 5.41) is 3.79. The molecule has 0 N–H and O–H groups in total. The summed E-state index contributed by atoms with van der Waals surface area (Å²) in [5.41, 5.74) is 4.75. The van der Waals surface area contributed by atoms with Crippen molar-refractivity contribution < 1.29 is 0 Å². The molecule has 0 aliphatic heterocycles. The minimum Gasteiger partial charge on any atom is -0.294 e. The standard InChI is InChI=1S/C21H15Cl3N2OS/c1-11-3-4-13(7-12(11)2)15-9-28-20-18(15)21(27)26(10-25-20)8-14-16(22)5-6-17(23)19(14)24/h3-7,9-10H,8H2,1-2H3. The molecular formula is C21H15Cl3N2OS. The van der Waals surface area contributed by atoms with Crippen LogP contribution in [0.25, 0.3) is 21.3 Å². The van der Waals surface area contributed by atoms with Crippen LogP contribution in [0.2, 0.25) is 15.1 Å². The number of halogens is 3. The van der Waals surface area contributed by atoms with Crippen molar-refractivity contribution in [3.63, 3.8) is 0 Å². The second-order valence-corrected chi connectivity index (χ2v) is 8.68. The highest BCUT2D eigenvalue weighted by Crippen LogP contribution is 2.33. The van der Waals surface area contributed by atoms with Gasteiger partial charge in [0.15, 0.2) is 0 Å². The van der Waals surface area contributed by atoms with Gasteiger partial charge in [0, 0.05) is 21.5 Å². The summed E-state index contributed by atoms with van der Waals surface area (Å²) < 4.78 is 1.52. The van der Waals surface area contributed by atoms with Crippen molar-refractivity contribution in [1.29, 1.82) is 0 Å². The molecule has 3 nitrogen and oxygen atoms in total. The zero-order valence-corrected chi connectivity index (χ0v) is 18.2. The fourth-order valence-electron chi connectivity index (χ4n) is 3.09. The molecule has 0 amide bonds. The van der Waals surface area contributed by atoms with Crippen LogP contribution in [0.3, 0.4) is 0 Å². The van der Waals surface area contributed by atoms with Crippen molar-refractivity contribution in [2.45, 2.75) is 20.4 Å². The largest absolute Gasteiger partial charge is 0.294 e. The lowest BCUT2D eigenvalue weighted by Gasteiger charge is -2.11. The van der Waals surface area contributed by atoms with E-state index in [1.54, 1.807) is 12.1 Å². The lowest BCUT2D eigenvalue weighted by molar-refractivity contribution is 0.750. The van der Waals surface area contributed by atoms with Gasteiger partial charge in [0.2, 0.25) is 0 Å². The normalized spacial score (nSPS) is 11.3. The second kappa shape index (κ2) is 7.53. The first-order valence-corrected chi connectivity index (χ1v) is 10.5. The summed E-state index contributed by atoms with van der Waals surface area (Å²) in [6.45, 7) is 4.33. The highest BCUT2D eigenvalue weighted by Gasteiger charge is 2.16. The average molecular weight is 450 g/mol. The second-order valence-electron chi connectivity index (χ2n) is 6.63. The summed E-state index contributed by atoms with van der Waals surface area (Å²) in [7, 11) is 0. The Bertz CT molecular complexity index is 1280. The summed E-state index contributed by atoms with van der Waals surface area (Å²) in [6.07, 6.45) is 1.53. The molecule has 0 unspecified atom stereocenters. The minimum absolute atomic E-state index is 0.133. The van der Waals surface area contributed by atoms with Gasteiger partial charge in [0.1, 0.15) is 4.83 Å². The first-order chi connectivity index (χ1) is 13.4. The Labute approximate surface area is 181 Å². The van der Waals surface area contributed by atoms with Crippen molar-refractivity contribution in [3.8, 4) is 11.1 Å². The Morgan fingerprint density at radius 3 is 2.54 bits per heavy atom. The predicted molar refractivity (Wildman–Crippen MR) is 119 cm³/mol. The summed E-state index contributed by atoms with van der Waals surface area (Å²) in [6, 6.07) is 9.50. The summed E-state index contributed by atoms with van der Waals surface area (Å²) in [4.78, 5) is 18.4. The number of hydrogen-bond donors (Lipinski definition) is 0. The number of rotatable bonds is 3. The maximum atomic E-state index is 13.3. The van der Waals surface area contributed by atoms with Gasteiger partial charge in [0.25, 0.3) is 5.56 Å². The molecule has 142 valence electrons. The van der Waals surface area contributed by atoms with Crippen LogP contribution in [0.5, 0.6) is 0 Å². The Kier molecular flexibility index (Phi) is 5.23. The van der Waals surface area contributed by atoms with E-state index in [9.17, 15) is 4.79 Å². The molecule has 0 spiro atoms. The number of aryl methyl sites for hydroxylation is 2. The van der Waals surface area contributed by atoms with Crippen molar-refractivity contribution in [2.24, 2.45) is 0 Å². The third-order valence-electron chi connectivity index (χ3n) is 4.85. The van der Waals surface area contributed by atoms with Gasteiger partial charge < -0.3 is 0 Å². The molecule has 0 atom stereocenters. The molecular weight excluding hydrogens is 435 g/mol. The lowest BCUT2D eigenvalue weighted by atomic mass is 10.0. The van der Waals surface area contributed by atoms with Gasteiger partial charge in [-0.2, -0.15) is 0 Å². The molecule has 2 aromatic carbocycles. The van der Waals surface area contributed by atoms with Crippen LogP contribution in [0.15, 0.2) is 46.8 Å². The Morgan fingerprint density at radius 1 is 1.04 bits per heavy atom. The van der Waals surface area contributed by atoms with Gasteiger partial charge >= 0.3 is 0 Å². The molecule has 2 aromatic heterocycles. The summed E-state index contributed by atoms with van der Waals surface area (Å²) >= 11 is 20.2. The van der Waals surface area contributed by atoms with Gasteiger partial charge in [-0.1, -0.05) is 53.0 Å². The Balaban J connectivity index is 1.87. The zero-order chi connectivity index (χ0) is 20.0. The van der Waals surface area contributed by atoms with Crippen LogP contribution in [0.4, 0.5) is 0 Å². The third-order valence-corrected chi connectivity index (χ3v) is 6.93. The van der Waals surface area contributed by atoms with E-state index in [-0.39, 0.29) is 12.1 Å². The highest BCUT2D eigenvalue weighted by atomic mass is 35.5. The molecule has 0 aliphatic rings. The van der Waals surface area contributed by atoms with Crippen LogP contribution in [0.1, 0.15) is 16.7 Å². The van der Waals surface area contributed by atoms with E-state index in [2.05, 4.69) is 31.0 Å². The number of fused-ring (bicyclic) bond motifs is 1. The molecule has 7 heteroatoms. The van der Waals surface area contributed by atoms with Crippen molar-refractivity contribution in [1.82, 2.24) is 9.55 Å². The van der Waals surface area contributed by atoms with E-state index in [1.807, 2.05) is 11.4 Å². The highest BCUT2D eigenvalue weighted by molar-refractivity contribution is 7.17. The first-order valence-electron chi connectivity index (χ1n) is 8.53. The van der Waals surface area contributed by atoms with Crippen LogP contribution in [-0.2, 0) is 6.54 Å². The predicted octanol–water partition coefficient (Wildman–Crippen LogP) is 6.75. The van der Waals surface area contributed by atoms with Crippen LogP contribution in [0, 0.1) is 13.8 Å². The van der Waals surface area contributed by atoms with Gasteiger partial charge in [0.05, 0.1) is 28.3 Å². The van der Waals surface area contributed by atoms with Crippen LogP contribution in [-0.4, -0.2) is 9.55 Å². The fraction of sp³-hybridized carbons (Fsp3) is 0.143. The van der Waals surface area contributed by atoms with Crippen molar-refractivity contribution >= 4 is 56.4 Å². The quantitative estimate of drug-likeness (QED) is 0.324. The maximum Gasteiger partial charge on any atom is 0.263 e. The number of benzene rings is 2. The number of hydrogen-bond acceptors (Lipinski definition) is 3. The lowest BCUT2D eigenvalue weighted by Crippen LogP contribution is -2.21. The number of thiophene rings is 1. The number of aromatic nitrogens is 2. The Morgan fingerprint density at radius 2 is 1.79 bits per heavy atom. The number of nitrogens with zero attached hydrogens (tertiary/aromatic N) is 2. The summed E-state index contributed by atoms with van der Waals surface area (Å²) in [5.74, 6) is 0. The van der Waals surface area contributed by atoms with E-state index in [0.717, 1.165) is 11.1 Å². The molecule has 2 heterocycles. The van der Waals surface area contributed by atoms with Crippen molar-refractivity contribution in [3.05, 3.63) is 84.2 Å². The molecule has 0 saturated carbocycles. The van der Waals surface area contributed by atoms with Gasteiger partial charge in [-0.05, 0) is 42.7 Å². The first kappa shape index (κ1) is 19.5. The molecule has 28 heavy (non-hydrogen) atoms. The molecule has 0 radical (unpaired) electrons. The monoisotopic (exact) mass is 448 g/mol. The van der Waals surface area contributed by atoms with E-state index in [4.69, 9.17) is 34.8 Å².